The summed E-state index contributed by atoms with van der Waals surface area (Å²) in [4.78, 5) is 23.8. The van der Waals surface area contributed by atoms with E-state index in [4.69, 9.17) is 20.0 Å². The summed E-state index contributed by atoms with van der Waals surface area (Å²) in [7, 11) is -3.23. The summed E-state index contributed by atoms with van der Waals surface area (Å²) in [6.45, 7) is 5.66. The number of nitrogens with zero attached hydrogens (tertiary/aromatic N) is 1. The zero-order valence-electron chi connectivity index (χ0n) is 15.8. The van der Waals surface area contributed by atoms with Crippen LogP contribution < -0.4 is 11.1 Å². The van der Waals surface area contributed by atoms with Crippen LogP contribution in [-0.4, -0.2) is 31.1 Å². The van der Waals surface area contributed by atoms with Crippen molar-refractivity contribution in [2.75, 3.05) is 13.2 Å². The summed E-state index contributed by atoms with van der Waals surface area (Å²) in [6, 6.07) is 7.48. The third-order valence-corrected chi connectivity index (χ3v) is 5.76. The number of amides is 2. The average Bonchev–Trinajstić information content (AvgIpc) is 2.61. The number of hydrogen-bond acceptors (Lipinski definition) is 6. The Hall–Kier alpha value is -2.20. The topological polar surface area (TPSA) is 132 Å². The molecular weight excluding hydrogens is 369 g/mol. The first-order valence-corrected chi connectivity index (χ1v) is 10.4. The average molecular weight is 395 g/mol. The minimum absolute atomic E-state index is 0.0974. The molecule has 0 aliphatic carbocycles. The molecular formula is C18H26N3O5P. The van der Waals surface area contributed by atoms with Crippen molar-refractivity contribution in [3.05, 3.63) is 35.4 Å². The second kappa shape index (κ2) is 10.8. The Bertz CT molecular complexity index is 720. The molecule has 1 rings (SSSR count). The maximum absolute atomic E-state index is 12.6. The molecule has 0 aromatic heterocycles. The third kappa shape index (κ3) is 7.51. The maximum Gasteiger partial charge on any atom is 0.335 e. The van der Waals surface area contributed by atoms with Gasteiger partial charge in [-0.1, -0.05) is 12.1 Å². The molecule has 27 heavy (non-hydrogen) atoms. The van der Waals surface area contributed by atoms with E-state index in [9.17, 15) is 14.2 Å². The number of nitrogens with one attached hydrogen (secondary N) is 1. The van der Waals surface area contributed by atoms with E-state index < -0.39 is 31.4 Å². The number of nitriles is 1. The van der Waals surface area contributed by atoms with E-state index in [1.54, 1.807) is 45.0 Å². The monoisotopic (exact) mass is 395 g/mol. The lowest BCUT2D eigenvalue weighted by Crippen LogP contribution is -2.45. The van der Waals surface area contributed by atoms with Gasteiger partial charge in [0.05, 0.1) is 25.4 Å². The van der Waals surface area contributed by atoms with Gasteiger partial charge in [0.15, 0.2) is 0 Å². The van der Waals surface area contributed by atoms with E-state index in [0.29, 0.717) is 11.1 Å². The van der Waals surface area contributed by atoms with Gasteiger partial charge in [0.2, 0.25) is 5.91 Å². The lowest BCUT2D eigenvalue weighted by molar-refractivity contribution is -0.120. The van der Waals surface area contributed by atoms with E-state index >= 15 is 0 Å². The SMILES string of the molecule is CCOP(=O)(Cc1ccc(C(=O)N[C@@H](C[C@@H](C)C#N)C(N)=O)cc1)OCC. The number of benzene rings is 1. The number of rotatable bonds is 11. The van der Waals surface area contributed by atoms with E-state index in [-0.39, 0.29) is 25.8 Å². The highest BCUT2D eigenvalue weighted by Gasteiger charge is 2.25. The molecule has 0 aliphatic rings. The molecule has 0 saturated heterocycles. The van der Waals surface area contributed by atoms with Crippen LogP contribution in [0, 0.1) is 17.2 Å². The lowest BCUT2D eigenvalue weighted by atomic mass is 10.0. The predicted molar refractivity (Wildman–Crippen MR) is 101 cm³/mol. The van der Waals surface area contributed by atoms with Crippen LogP contribution >= 0.6 is 7.60 Å². The standard InChI is InChI=1S/C18H26N3O5P/c1-4-25-27(24,26-5-2)12-14-6-8-15(9-7-14)18(23)21-16(17(20)22)10-13(3)11-19/h6-9,13,16H,4-5,10,12H2,1-3H3,(H2,20,22)(H,21,23)/t13-,16+/m1/s1. The molecule has 1 aromatic rings. The molecule has 2 atom stereocenters. The normalized spacial score (nSPS) is 13.4. The van der Waals surface area contributed by atoms with Crippen LogP contribution in [0.4, 0.5) is 0 Å². The quantitative estimate of drug-likeness (QED) is 0.554. The highest BCUT2D eigenvalue weighted by atomic mass is 31.2. The Morgan fingerprint density at radius 3 is 2.22 bits per heavy atom. The van der Waals surface area contributed by atoms with Crippen molar-refractivity contribution in [3.63, 3.8) is 0 Å². The molecule has 0 heterocycles. The van der Waals surface area contributed by atoms with Crippen LogP contribution in [0.1, 0.15) is 43.1 Å². The summed E-state index contributed by atoms with van der Waals surface area (Å²) in [5.74, 6) is -1.60. The highest BCUT2D eigenvalue weighted by molar-refractivity contribution is 7.53. The van der Waals surface area contributed by atoms with Crippen molar-refractivity contribution in [2.45, 2.75) is 39.4 Å². The molecule has 2 amide bonds. The molecule has 9 heteroatoms. The van der Waals surface area contributed by atoms with Crippen molar-refractivity contribution in [2.24, 2.45) is 11.7 Å². The molecule has 148 valence electrons. The van der Waals surface area contributed by atoms with Crippen LogP contribution in [0.2, 0.25) is 0 Å². The van der Waals surface area contributed by atoms with Crippen molar-refractivity contribution < 1.29 is 23.2 Å². The van der Waals surface area contributed by atoms with Crippen molar-refractivity contribution in [1.82, 2.24) is 5.32 Å². The van der Waals surface area contributed by atoms with Gasteiger partial charge in [-0.15, -0.1) is 0 Å². The van der Waals surface area contributed by atoms with Gasteiger partial charge in [-0.05, 0) is 44.9 Å². The first-order chi connectivity index (χ1) is 12.7. The fourth-order valence-corrected chi connectivity index (χ4v) is 4.10. The van der Waals surface area contributed by atoms with Crippen molar-refractivity contribution >= 4 is 19.4 Å². The van der Waals surface area contributed by atoms with Crippen molar-refractivity contribution in [1.29, 1.82) is 5.26 Å². The van der Waals surface area contributed by atoms with Crippen molar-refractivity contribution in [3.8, 4) is 6.07 Å². The molecule has 8 nitrogen and oxygen atoms in total. The Balaban J connectivity index is 2.82. The van der Waals surface area contributed by atoms with Gasteiger partial charge in [0, 0.05) is 11.5 Å². The molecule has 0 saturated carbocycles. The van der Waals surface area contributed by atoms with Crippen LogP contribution in [0.5, 0.6) is 0 Å². The lowest BCUT2D eigenvalue weighted by Gasteiger charge is -2.18. The van der Waals surface area contributed by atoms with E-state index in [1.165, 1.54) is 0 Å². The van der Waals surface area contributed by atoms with Crippen LogP contribution in [0.15, 0.2) is 24.3 Å². The second-order valence-electron chi connectivity index (χ2n) is 6.00. The molecule has 3 N–H and O–H groups in total. The zero-order chi connectivity index (χ0) is 20.4. The summed E-state index contributed by atoms with van der Waals surface area (Å²) >= 11 is 0. The smallest absolute Gasteiger partial charge is 0.335 e. The Morgan fingerprint density at radius 1 is 1.22 bits per heavy atom. The summed E-state index contributed by atoms with van der Waals surface area (Å²) in [5.41, 5.74) is 6.31. The van der Waals surface area contributed by atoms with Crippen LogP contribution in [-0.2, 0) is 24.6 Å². The Kier molecular flexibility index (Phi) is 9.16. The fraction of sp³-hybridized carbons (Fsp3) is 0.500. The fourth-order valence-electron chi connectivity index (χ4n) is 2.40. The zero-order valence-corrected chi connectivity index (χ0v) is 16.7. The Morgan fingerprint density at radius 2 is 1.78 bits per heavy atom. The summed E-state index contributed by atoms with van der Waals surface area (Å²) < 4.78 is 23.1. The van der Waals surface area contributed by atoms with E-state index in [1.807, 2.05) is 6.07 Å². The number of nitrogens with two attached hydrogens (primary N) is 1. The molecule has 0 aliphatic heterocycles. The molecule has 1 aromatic carbocycles. The third-order valence-electron chi connectivity index (χ3n) is 3.70. The highest BCUT2D eigenvalue weighted by Crippen LogP contribution is 2.51. The number of carbonyl (C=O) groups is 2. The second-order valence-corrected chi connectivity index (χ2v) is 8.05. The number of hydrogen-bond donors (Lipinski definition) is 2. The minimum Gasteiger partial charge on any atom is -0.368 e. The van der Waals surface area contributed by atoms with Gasteiger partial charge in [-0.25, -0.2) is 0 Å². The van der Waals surface area contributed by atoms with Gasteiger partial charge in [-0.3, -0.25) is 14.2 Å². The minimum atomic E-state index is -3.23. The molecule has 0 fully saturated rings. The molecule has 0 bridgehead atoms. The van der Waals surface area contributed by atoms with E-state index in [0.717, 1.165) is 0 Å². The first kappa shape index (κ1) is 22.8. The van der Waals surface area contributed by atoms with E-state index in [2.05, 4.69) is 5.32 Å². The van der Waals surface area contributed by atoms with Gasteiger partial charge in [0.1, 0.15) is 6.04 Å². The van der Waals surface area contributed by atoms with Crippen LogP contribution in [0.25, 0.3) is 0 Å². The molecule has 0 radical (unpaired) electrons. The Labute approximate surface area is 159 Å². The largest absolute Gasteiger partial charge is 0.368 e. The van der Waals surface area contributed by atoms with Crippen LogP contribution in [0.3, 0.4) is 0 Å². The predicted octanol–water partition coefficient (Wildman–Crippen LogP) is 2.59. The van der Waals surface area contributed by atoms with Gasteiger partial charge in [-0.2, -0.15) is 5.26 Å². The van der Waals surface area contributed by atoms with Gasteiger partial charge in [0.25, 0.3) is 5.91 Å². The maximum atomic E-state index is 12.6. The summed E-state index contributed by atoms with van der Waals surface area (Å²) in [5, 5.41) is 11.4. The molecule has 0 unspecified atom stereocenters. The summed E-state index contributed by atoms with van der Waals surface area (Å²) in [6.07, 6.45) is 0.238. The molecule has 0 spiro atoms. The van der Waals surface area contributed by atoms with Gasteiger partial charge >= 0.3 is 7.60 Å². The first-order valence-electron chi connectivity index (χ1n) is 8.71. The number of carbonyl (C=O) groups excluding carboxylic acids is 2. The number of primary amides is 1. The van der Waals surface area contributed by atoms with Gasteiger partial charge < -0.3 is 20.1 Å².